The van der Waals surface area contributed by atoms with Gasteiger partial charge in [0.2, 0.25) is 5.91 Å². The molecule has 2 rings (SSSR count). The van der Waals surface area contributed by atoms with Gasteiger partial charge in [-0.3, -0.25) is 9.59 Å². The maximum Gasteiger partial charge on any atom is 0.261 e. The lowest BCUT2D eigenvalue weighted by molar-refractivity contribution is -0.143. The van der Waals surface area contributed by atoms with Crippen molar-refractivity contribution < 1.29 is 14.3 Å². The van der Waals surface area contributed by atoms with E-state index in [-0.39, 0.29) is 24.5 Å². The molecular formula is C24H30BrClN2O3. The molecular weight excluding hydrogens is 480 g/mol. The van der Waals surface area contributed by atoms with Crippen molar-refractivity contribution in [2.45, 2.75) is 59.2 Å². The third-order valence-electron chi connectivity index (χ3n) is 5.14. The van der Waals surface area contributed by atoms with E-state index in [4.69, 9.17) is 16.3 Å². The van der Waals surface area contributed by atoms with Crippen molar-refractivity contribution in [2.75, 3.05) is 6.61 Å². The standard InChI is InChI=1S/C24H30BrClN2O3/c1-5-17(4)27-24(30)22(6-2)28(14-18-7-9-19(26)10-8-18)23(29)15-31-20-11-12-21(25)16(3)13-20/h7-13,17,22H,5-6,14-15H2,1-4H3,(H,27,30). The van der Waals surface area contributed by atoms with Gasteiger partial charge in [0.05, 0.1) is 0 Å². The van der Waals surface area contributed by atoms with Crippen molar-refractivity contribution in [3.63, 3.8) is 0 Å². The summed E-state index contributed by atoms with van der Waals surface area (Å²) in [7, 11) is 0. The number of benzene rings is 2. The van der Waals surface area contributed by atoms with E-state index < -0.39 is 6.04 Å². The Hall–Kier alpha value is -2.05. The molecule has 0 aromatic heterocycles. The summed E-state index contributed by atoms with van der Waals surface area (Å²) in [4.78, 5) is 27.7. The summed E-state index contributed by atoms with van der Waals surface area (Å²) in [6.45, 7) is 7.97. The quantitative estimate of drug-likeness (QED) is 0.459. The van der Waals surface area contributed by atoms with E-state index in [1.54, 1.807) is 23.1 Å². The Morgan fingerprint density at radius 3 is 2.39 bits per heavy atom. The molecule has 0 saturated heterocycles. The monoisotopic (exact) mass is 508 g/mol. The molecule has 0 saturated carbocycles. The number of carbonyl (C=O) groups excluding carboxylic acids is 2. The third-order valence-corrected chi connectivity index (χ3v) is 6.29. The van der Waals surface area contributed by atoms with Gasteiger partial charge in [-0.1, -0.05) is 53.5 Å². The second kappa shape index (κ2) is 12.1. The number of hydrogen-bond acceptors (Lipinski definition) is 3. The molecule has 2 atom stereocenters. The van der Waals surface area contributed by atoms with Gasteiger partial charge >= 0.3 is 0 Å². The van der Waals surface area contributed by atoms with Crippen molar-refractivity contribution in [1.82, 2.24) is 10.2 Å². The van der Waals surface area contributed by atoms with Gasteiger partial charge in [0, 0.05) is 22.1 Å². The fourth-order valence-corrected chi connectivity index (χ4v) is 3.45. The van der Waals surface area contributed by atoms with Crippen molar-refractivity contribution in [3.8, 4) is 5.75 Å². The maximum absolute atomic E-state index is 13.2. The number of carbonyl (C=O) groups is 2. The molecule has 7 heteroatoms. The molecule has 0 bridgehead atoms. The Balaban J connectivity index is 2.21. The highest BCUT2D eigenvalue weighted by Crippen LogP contribution is 2.22. The van der Waals surface area contributed by atoms with Crippen LogP contribution >= 0.6 is 27.5 Å². The van der Waals surface area contributed by atoms with E-state index in [0.29, 0.717) is 23.7 Å². The predicted octanol–water partition coefficient (Wildman–Crippen LogP) is 5.51. The second-order valence-electron chi connectivity index (χ2n) is 7.59. The van der Waals surface area contributed by atoms with Crippen LogP contribution in [0.3, 0.4) is 0 Å². The van der Waals surface area contributed by atoms with Crippen molar-refractivity contribution in [2.24, 2.45) is 0 Å². The summed E-state index contributed by atoms with van der Waals surface area (Å²) in [6.07, 6.45) is 1.32. The Bertz CT molecular complexity index is 889. The molecule has 2 unspecified atom stereocenters. The van der Waals surface area contributed by atoms with Crippen LogP contribution in [-0.2, 0) is 16.1 Å². The minimum atomic E-state index is -0.590. The van der Waals surface area contributed by atoms with Crippen molar-refractivity contribution >= 4 is 39.3 Å². The Morgan fingerprint density at radius 2 is 1.81 bits per heavy atom. The van der Waals surface area contributed by atoms with Gasteiger partial charge < -0.3 is 15.0 Å². The molecule has 0 fully saturated rings. The summed E-state index contributed by atoms with van der Waals surface area (Å²) in [5, 5.41) is 3.62. The van der Waals surface area contributed by atoms with Gasteiger partial charge in [0.15, 0.2) is 6.61 Å². The molecule has 1 N–H and O–H groups in total. The lowest BCUT2D eigenvalue weighted by atomic mass is 10.1. The van der Waals surface area contributed by atoms with Gasteiger partial charge in [0.25, 0.3) is 5.91 Å². The van der Waals surface area contributed by atoms with Crippen LogP contribution in [0.1, 0.15) is 44.7 Å². The molecule has 0 radical (unpaired) electrons. The molecule has 2 aromatic carbocycles. The second-order valence-corrected chi connectivity index (χ2v) is 8.88. The van der Waals surface area contributed by atoms with Gasteiger partial charge in [0.1, 0.15) is 11.8 Å². The Labute approximate surface area is 198 Å². The van der Waals surface area contributed by atoms with Crippen LogP contribution in [0.4, 0.5) is 0 Å². The zero-order valence-corrected chi connectivity index (χ0v) is 20.8. The molecule has 2 amide bonds. The highest BCUT2D eigenvalue weighted by atomic mass is 79.9. The topological polar surface area (TPSA) is 58.6 Å². The molecule has 0 spiro atoms. The maximum atomic E-state index is 13.2. The van der Waals surface area contributed by atoms with Crippen LogP contribution in [0.5, 0.6) is 5.75 Å². The highest BCUT2D eigenvalue weighted by molar-refractivity contribution is 9.10. The van der Waals surface area contributed by atoms with Gasteiger partial charge in [-0.2, -0.15) is 0 Å². The van der Waals surface area contributed by atoms with E-state index in [2.05, 4.69) is 21.2 Å². The van der Waals surface area contributed by atoms with Crippen molar-refractivity contribution in [3.05, 3.63) is 63.1 Å². The average molecular weight is 510 g/mol. The van der Waals surface area contributed by atoms with E-state index >= 15 is 0 Å². The molecule has 2 aromatic rings. The van der Waals surface area contributed by atoms with Crippen LogP contribution in [0.2, 0.25) is 5.02 Å². The number of nitrogens with one attached hydrogen (secondary N) is 1. The number of amides is 2. The van der Waals surface area contributed by atoms with Crippen LogP contribution in [0.15, 0.2) is 46.9 Å². The first-order valence-electron chi connectivity index (χ1n) is 10.5. The number of hydrogen-bond donors (Lipinski definition) is 1. The smallest absolute Gasteiger partial charge is 0.261 e. The summed E-state index contributed by atoms with van der Waals surface area (Å²) in [5.74, 6) is 0.206. The molecule has 5 nitrogen and oxygen atoms in total. The first-order chi connectivity index (χ1) is 14.7. The summed E-state index contributed by atoms with van der Waals surface area (Å²) in [5.41, 5.74) is 1.91. The first kappa shape index (κ1) is 25.2. The number of aryl methyl sites for hydroxylation is 1. The number of rotatable bonds is 10. The largest absolute Gasteiger partial charge is 0.484 e. The normalized spacial score (nSPS) is 12.7. The summed E-state index contributed by atoms with van der Waals surface area (Å²) >= 11 is 9.46. The van der Waals surface area contributed by atoms with Gasteiger partial charge in [-0.25, -0.2) is 0 Å². The van der Waals surface area contributed by atoms with Crippen molar-refractivity contribution in [1.29, 1.82) is 0 Å². The SMILES string of the molecule is CCC(C)NC(=O)C(CC)N(Cc1ccc(Cl)cc1)C(=O)COc1ccc(Br)c(C)c1. The first-order valence-corrected chi connectivity index (χ1v) is 11.6. The zero-order chi connectivity index (χ0) is 23.0. The third kappa shape index (κ3) is 7.54. The summed E-state index contributed by atoms with van der Waals surface area (Å²) in [6, 6.07) is 12.3. The fraction of sp³-hybridized carbons (Fsp3) is 0.417. The van der Waals surface area contributed by atoms with Crippen LogP contribution in [0, 0.1) is 6.92 Å². The number of ether oxygens (including phenoxy) is 1. The molecule has 31 heavy (non-hydrogen) atoms. The predicted molar refractivity (Wildman–Crippen MR) is 128 cm³/mol. The minimum absolute atomic E-state index is 0.0380. The lowest BCUT2D eigenvalue weighted by Crippen LogP contribution is -2.51. The van der Waals surface area contributed by atoms with E-state index in [9.17, 15) is 9.59 Å². The minimum Gasteiger partial charge on any atom is -0.484 e. The Morgan fingerprint density at radius 1 is 1.13 bits per heavy atom. The molecule has 0 aliphatic carbocycles. The summed E-state index contributed by atoms with van der Waals surface area (Å²) < 4.78 is 6.73. The van der Waals surface area contributed by atoms with Crippen LogP contribution < -0.4 is 10.1 Å². The van der Waals surface area contributed by atoms with Gasteiger partial charge in [-0.05, 0) is 68.1 Å². The fourth-order valence-electron chi connectivity index (χ4n) is 3.08. The van der Waals surface area contributed by atoms with E-state index in [1.165, 1.54) is 0 Å². The van der Waals surface area contributed by atoms with Crippen LogP contribution in [-0.4, -0.2) is 35.4 Å². The van der Waals surface area contributed by atoms with E-state index in [1.807, 2.05) is 52.0 Å². The zero-order valence-electron chi connectivity index (χ0n) is 18.5. The molecule has 0 aliphatic rings. The molecule has 0 aliphatic heterocycles. The Kier molecular flexibility index (Phi) is 9.85. The van der Waals surface area contributed by atoms with E-state index in [0.717, 1.165) is 22.0 Å². The van der Waals surface area contributed by atoms with Gasteiger partial charge in [-0.15, -0.1) is 0 Å². The lowest BCUT2D eigenvalue weighted by Gasteiger charge is -2.31. The number of nitrogens with zero attached hydrogens (tertiary/aromatic N) is 1. The number of halogens is 2. The molecule has 168 valence electrons. The average Bonchev–Trinajstić information content (AvgIpc) is 2.75. The molecule has 0 heterocycles. The van der Waals surface area contributed by atoms with Crippen LogP contribution in [0.25, 0.3) is 0 Å². The highest BCUT2D eigenvalue weighted by Gasteiger charge is 2.29.